The minimum Gasteiger partial charge on any atom is -0.305 e. The molecule has 0 saturated carbocycles. The van der Waals surface area contributed by atoms with Gasteiger partial charge in [-0.15, -0.1) is 0 Å². The van der Waals surface area contributed by atoms with Gasteiger partial charge >= 0.3 is 0 Å². The molecule has 0 spiro atoms. The lowest BCUT2D eigenvalue weighted by Gasteiger charge is -2.00. The maximum atomic E-state index is 12.0. The fourth-order valence-corrected chi connectivity index (χ4v) is 2.23. The molecule has 0 radical (unpaired) electrons. The van der Waals surface area contributed by atoms with Crippen LogP contribution in [-0.2, 0) is 4.79 Å². The van der Waals surface area contributed by atoms with Crippen LogP contribution in [0.2, 0.25) is 0 Å². The Balaban J connectivity index is 1.93. The number of benzene rings is 2. The van der Waals surface area contributed by atoms with Gasteiger partial charge in [-0.05, 0) is 25.5 Å². The highest BCUT2D eigenvalue weighted by molar-refractivity contribution is 6.19. The summed E-state index contributed by atoms with van der Waals surface area (Å²) in [6, 6.07) is 15.9. The number of nitrogens with zero attached hydrogens (tertiary/aromatic N) is 1. The summed E-state index contributed by atoms with van der Waals surface area (Å²) in [5.41, 5.74) is 4.68. The summed E-state index contributed by atoms with van der Waals surface area (Å²) in [7, 11) is 0. The summed E-state index contributed by atoms with van der Waals surface area (Å²) in [6.45, 7) is 4.06. The second-order valence-corrected chi connectivity index (χ2v) is 5.22. The Kier molecular flexibility index (Phi) is 3.40. The molecule has 1 aliphatic rings. The van der Waals surface area contributed by atoms with Crippen molar-refractivity contribution in [2.75, 3.05) is 0 Å². The number of hydrogen-bond acceptors (Lipinski definition) is 2. The molecule has 2 aromatic carbocycles. The Hall–Kier alpha value is -2.68. The SMILES string of the molecule is Cc1ccc(C2=N/C(=C/c3cccc(C)c3)C(=O)N2)cc1. The molecule has 0 bridgehead atoms. The molecule has 0 aromatic heterocycles. The molecule has 0 unspecified atom stereocenters. The molecule has 0 atom stereocenters. The average molecular weight is 276 g/mol. The molecule has 1 heterocycles. The van der Waals surface area contributed by atoms with E-state index in [0.29, 0.717) is 11.5 Å². The predicted molar refractivity (Wildman–Crippen MR) is 85.0 cm³/mol. The number of hydrogen-bond donors (Lipinski definition) is 1. The van der Waals surface area contributed by atoms with Crippen molar-refractivity contribution in [3.63, 3.8) is 0 Å². The first-order valence-corrected chi connectivity index (χ1v) is 6.87. The topological polar surface area (TPSA) is 41.5 Å². The highest BCUT2D eigenvalue weighted by atomic mass is 16.2. The second kappa shape index (κ2) is 5.37. The third kappa shape index (κ3) is 2.92. The van der Waals surface area contributed by atoms with Crippen molar-refractivity contribution in [1.29, 1.82) is 0 Å². The van der Waals surface area contributed by atoms with E-state index < -0.39 is 0 Å². The molecule has 104 valence electrons. The summed E-state index contributed by atoms with van der Waals surface area (Å²) in [5, 5.41) is 2.82. The number of amides is 1. The third-order valence-corrected chi connectivity index (χ3v) is 3.37. The molecule has 2 aromatic rings. The Morgan fingerprint density at radius 3 is 2.48 bits per heavy atom. The Bertz CT molecular complexity index is 755. The number of aryl methyl sites for hydroxylation is 2. The lowest BCUT2D eigenvalue weighted by molar-refractivity contribution is -0.115. The quantitative estimate of drug-likeness (QED) is 0.841. The van der Waals surface area contributed by atoms with Gasteiger partial charge < -0.3 is 5.32 Å². The van der Waals surface area contributed by atoms with Gasteiger partial charge in [0, 0.05) is 5.56 Å². The summed E-state index contributed by atoms with van der Waals surface area (Å²) in [4.78, 5) is 16.4. The molecule has 1 amide bonds. The van der Waals surface area contributed by atoms with Crippen LogP contribution >= 0.6 is 0 Å². The van der Waals surface area contributed by atoms with Crippen LogP contribution in [-0.4, -0.2) is 11.7 Å². The maximum absolute atomic E-state index is 12.0. The molecule has 3 nitrogen and oxygen atoms in total. The van der Waals surface area contributed by atoms with Crippen LogP contribution < -0.4 is 5.32 Å². The first kappa shape index (κ1) is 13.3. The number of nitrogens with one attached hydrogen (secondary N) is 1. The summed E-state index contributed by atoms with van der Waals surface area (Å²) in [6.07, 6.45) is 1.81. The van der Waals surface area contributed by atoms with Gasteiger partial charge in [-0.3, -0.25) is 4.79 Å². The van der Waals surface area contributed by atoms with E-state index in [9.17, 15) is 4.79 Å². The van der Waals surface area contributed by atoms with Crippen molar-refractivity contribution in [2.45, 2.75) is 13.8 Å². The van der Waals surface area contributed by atoms with Crippen LogP contribution in [0.25, 0.3) is 6.08 Å². The van der Waals surface area contributed by atoms with Gasteiger partial charge in [-0.25, -0.2) is 4.99 Å². The molecular weight excluding hydrogens is 260 g/mol. The van der Waals surface area contributed by atoms with Crippen LogP contribution in [0.15, 0.2) is 59.2 Å². The zero-order valence-corrected chi connectivity index (χ0v) is 12.1. The van der Waals surface area contributed by atoms with Crippen molar-refractivity contribution >= 4 is 17.8 Å². The molecule has 1 aliphatic heterocycles. The normalized spacial score (nSPS) is 16.0. The monoisotopic (exact) mass is 276 g/mol. The van der Waals surface area contributed by atoms with E-state index >= 15 is 0 Å². The summed E-state index contributed by atoms with van der Waals surface area (Å²) >= 11 is 0. The van der Waals surface area contributed by atoms with E-state index in [-0.39, 0.29) is 5.91 Å². The van der Waals surface area contributed by atoms with Gasteiger partial charge in [-0.2, -0.15) is 0 Å². The number of rotatable bonds is 2. The van der Waals surface area contributed by atoms with Gasteiger partial charge in [0.15, 0.2) is 0 Å². The van der Waals surface area contributed by atoms with Crippen molar-refractivity contribution in [1.82, 2.24) is 5.32 Å². The summed E-state index contributed by atoms with van der Waals surface area (Å²) in [5.74, 6) is 0.450. The van der Waals surface area contributed by atoms with Crippen LogP contribution in [0.4, 0.5) is 0 Å². The van der Waals surface area contributed by atoms with Crippen LogP contribution in [0, 0.1) is 13.8 Å². The lowest BCUT2D eigenvalue weighted by atomic mass is 10.1. The Morgan fingerprint density at radius 2 is 1.76 bits per heavy atom. The van der Waals surface area contributed by atoms with Crippen LogP contribution in [0.3, 0.4) is 0 Å². The molecule has 0 aliphatic carbocycles. The molecule has 0 saturated heterocycles. The Labute approximate surface area is 124 Å². The van der Waals surface area contributed by atoms with E-state index in [1.807, 2.05) is 68.5 Å². The highest BCUT2D eigenvalue weighted by Gasteiger charge is 2.20. The molecule has 0 fully saturated rings. The Morgan fingerprint density at radius 1 is 1.00 bits per heavy atom. The van der Waals surface area contributed by atoms with E-state index in [0.717, 1.165) is 16.7 Å². The molecule has 1 N–H and O–H groups in total. The van der Waals surface area contributed by atoms with Crippen molar-refractivity contribution in [3.8, 4) is 0 Å². The average Bonchev–Trinajstić information content (AvgIpc) is 2.81. The fourth-order valence-electron chi connectivity index (χ4n) is 2.23. The lowest BCUT2D eigenvalue weighted by Crippen LogP contribution is -2.24. The van der Waals surface area contributed by atoms with Crippen molar-refractivity contribution in [2.24, 2.45) is 4.99 Å². The zero-order valence-electron chi connectivity index (χ0n) is 12.1. The third-order valence-electron chi connectivity index (χ3n) is 3.37. The standard InChI is InChI=1S/C18H16N2O/c1-12-6-8-15(9-7-12)17-19-16(18(21)20-17)11-14-5-3-4-13(2)10-14/h3-11H,1-2H3,(H,19,20,21)/b16-11+. The number of carbonyl (C=O) groups is 1. The zero-order chi connectivity index (χ0) is 14.8. The van der Waals surface area contributed by atoms with Gasteiger partial charge in [0.1, 0.15) is 11.5 Å². The van der Waals surface area contributed by atoms with Crippen molar-refractivity contribution < 1.29 is 4.79 Å². The molecule has 3 rings (SSSR count). The number of aliphatic imine (C=N–C) groups is 1. The minimum atomic E-state index is -0.160. The van der Waals surface area contributed by atoms with Gasteiger partial charge in [0.25, 0.3) is 5.91 Å². The van der Waals surface area contributed by atoms with E-state index in [1.165, 1.54) is 5.56 Å². The van der Waals surface area contributed by atoms with Gasteiger partial charge in [0.2, 0.25) is 0 Å². The van der Waals surface area contributed by atoms with Gasteiger partial charge in [-0.1, -0.05) is 59.7 Å². The van der Waals surface area contributed by atoms with E-state index in [1.54, 1.807) is 0 Å². The second-order valence-electron chi connectivity index (χ2n) is 5.22. The van der Waals surface area contributed by atoms with E-state index in [4.69, 9.17) is 0 Å². The fraction of sp³-hybridized carbons (Fsp3) is 0.111. The van der Waals surface area contributed by atoms with Crippen LogP contribution in [0.5, 0.6) is 0 Å². The molecular formula is C18H16N2O. The maximum Gasteiger partial charge on any atom is 0.275 e. The summed E-state index contributed by atoms with van der Waals surface area (Å²) < 4.78 is 0. The number of amidine groups is 1. The largest absolute Gasteiger partial charge is 0.305 e. The number of carbonyl (C=O) groups excluding carboxylic acids is 1. The molecule has 3 heteroatoms. The highest BCUT2D eigenvalue weighted by Crippen LogP contribution is 2.16. The van der Waals surface area contributed by atoms with Crippen molar-refractivity contribution in [3.05, 3.63) is 76.5 Å². The first-order valence-electron chi connectivity index (χ1n) is 6.87. The molecule has 21 heavy (non-hydrogen) atoms. The minimum absolute atomic E-state index is 0.160. The smallest absolute Gasteiger partial charge is 0.275 e. The van der Waals surface area contributed by atoms with Crippen LogP contribution in [0.1, 0.15) is 22.3 Å². The van der Waals surface area contributed by atoms with Gasteiger partial charge in [0.05, 0.1) is 0 Å². The predicted octanol–water partition coefficient (Wildman–Crippen LogP) is 3.22. The van der Waals surface area contributed by atoms with E-state index in [2.05, 4.69) is 10.3 Å². The first-order chi connectivity index (χ1) is 10.1.